The lowest BCUT2D eigenvalue weighted by molar-refractivity contribution is -0.141. The Morgan fingerprint density at radius 3 is 2.81 bits per heavy atom. The summed E-state index contributed by atoms with van der Waals surface area (Å²) in [6.45, 7) is 4.01. The largest absolute Gasteiger partial charge is 0.460 e. The van der Waals surface area contributed by atoms with E-state index in [9.17, 15) is 9.59 Å². The van der Waals surface area contributed by atoms with E-state index in [4.69, 9.17) is 21.4 Å². The molecule has 0 saturated carbocycles. The second kappa shape index (κ2) is 8.68. The first-order chi connectivity index (χ1) is 12.6. The summed E-state index contributed by atoms with van der Waals surface area (Å²) in [5.41, 5.74) is 1.81. The molecular formula is C19H21NO4S2. The van der Waals surface area contributed by atoms with Crippen molar-refractivity contribution in [1.82, 2.24) is 4.90 Å². The standard InChI is InChI=1S/C19H21NO4S2/c1-2-13-5-6-15-14(10-17(21)24-16(15)9-13)11-23-18(22)12-26-19(25)20-7-3-4-8-20/h5-6,9-10H,2-4,7-8,11-12H2,1H3. The number of nitrogens with zero attached hydrogens (tertiary/aromatic N) is 1. The van der Waals surface area contributed by atoms with Crippen LogP contribution in [0.2, 0.25) is 0 Å². The predicted molar refractivity (Wildman–Crippen MR) is 108 cm³/mol. The van der Waals surface area contributed by atoms with E-state index < -0.39 is 5.63 Å². The molecule has 138 valence electrons. The molecule has 2 heterocycles. The highest BCUT2D eigenvalue weighted by atomic mass is 32.2. The number of hydrogen-bond acceptors (Lipinski definition) is 6. The van der Waals surface area contributed by atoms with E-state index in [1.165, 1.54) is 17.8 Å². The quantitative estimate of drug-likeness (QED) is 0.439. The number of rotatable bonds is 5. The maximum absolute atomic E-state index is 12.0. The highest BCUT2D eigenvalue weighted by Gasteiger charge is 2.17. The Morgan fingerprint density at radius 1 is 1.31 bits per heavy atom. The number of benzene rings is 1. The fraction of sp³-hybridized carbons (Fsp3) is 0.421. The molecule has 0 amide bonds. The van der Waals surface area contributed by atoms with Crippen LogP contribution in [0.3, 0.4) is 0 Å². The minimum atomic E-state index is -0.443. The van der Waals surface area contributed by atoms with E-state index in [1.54, 1.807) is 0 Å². The van der Waals surface area contributed by atoms with Gasteiger partial charge in [0, 0.05) is 30.1 Å². The Labute approximate surface area is 161 Å². The van der Waals surface area contributed by atoms with E-state index >= 15 is 0 Å². The van der Waals surface area contributed by atoms with Crippen molar-refractivity contribution in [2.75, 3.05) is 18.8 Å². The Bertz CT molecular complexity index is 871. The van der Waals surface area contributed by atoms with Crippen molar-refractivity contribution in [3.05, 3.63) is 45.8 Å². The molecule has 5 nitrogen and oxygen atoms in total. The average molecular weight is 392 g/mol. The fourth-order valence-corrected chi connectivity index (χ4v) is 3.97. The van der Waals surface area contributed by atoms with Crippen molar-refractivity contribution in [3.8, 4) is 0 Å². The van der Waals surface area contributed by atoms with Crippen molar-refractivity contribution in [3.63, 3.8) is 0 Å². The first-order valence-corrected chi connectivity index (χ1v) is 10.1. The number of hydrogen-bond donors (Lipinski definition) is 0. The number of aryl methyl sites for hydroxylation is 1. The predicted octanol–water partition coefficient (Wildman–Crippen LogP) is 3.51. The van der Waals surface area contributed by atoms with Gasteiger partial charge in [0.15, 0.2) is 0 Å². The number of esters is 1. The zero-order valence-corrected chi connectivity index (χ0v) is 16.3. The number of thioether (sulfide) groups is 1. The molecule has 0 unspecified atom stereocenters. The lowest BCUT2D eigenvalue weighted by Crippen LogP contribution is -2.24. The molecule has 1 aromatic carbocycles. The summed E-state index contributed by atoms with van der Waals surface area (Å²) in [7, 11) is 0. The van der Waals surface area contributed by atoms with Crippen LogP contribution >= 0.6 is 24.0 Å². The molecule has 0 N–H and O–H groups in total. The van der Waals surface area contributed by atoms with Gasteiger partial charge in [0.25, 0.3) is 0 Å². The molecule has 0 aliphatic carbocycles. The van der Waals surface area contributed by atoms with Crippen LogP contribution in [-0.4, -0.2) is 34.0 Å². The summed E-state index contributed by atoms with van der Waals surface area (Å²) in [4.78, 5) is 25.9. The molecule has 0 atom stereocenters. The molecule has 7 heteroatoms. The minimum absolute atomic E-state index is 0.0451. The maximum Gasteiger partial charge on any atom is 0.336 e. The first kappa shape index (κ1) is 18.9. The Balaban J connectivity index is 1.61. The third-order valence-electron chi connectivity index (χ3n) is 4.37. The zero-order chi connectivity index (χ0) is 18.5. The Hall–Kier alpha value is -1.86. The van der Waals surface area contributed by atoms with Crippen LogP contribution in [0.5, 0.6) is 0 Å². The summed E-state index contributed by atoms with van der Waals surface area (Å²) in [6, 6.07) is 7.12. The molecule has 1 aromatic heterocycles. The minimum Gasteiger partial charge on any atom is -0.460 e. The highest BCUT2D eigenvalue weighted by molar-refractivity contribution is 8.23. The lowest BCUT2D eigenvalue weighted by Gasteiger charge is -2.17. The molecule has 1 fully saturated rings. The van der Waals surface area contributed by atoms with E-state index in [0.717, 1.165) is 47.6 Å². The van der Waals surface area contributed by atoms with Crippen molar-refractivity contribution in [2.24, 2.45) is 0 Å². The first-order valence-electron chi connectivity index (χ1n) is 8.70. The van der Waals surface area contributed by atoms with Crippen molar-refractivity contribution >= 4 is 45.2 Å². The lowest BCUT2D eigenvalue weighted by atomic mass is 10.1. The zero-order valence-electron chi connectivity index (χ0n) is 14.7. The summed E-state index contributed by atoms with van der Waals surface area (Å²) in [5, 5.41) is 0.787. The normalized spacial score (nSPS) is 14.0. The van der Waals surface area contributed by atoms with Crippen LogP contribution in [-0.2, 0) is 22.6 Å². The summed E-state index contributed by atoms with van der Waals surface area (Å²) in [6.07, 6.45) is 3.15. The van der Waals surface area contributed by atoms with E-state index in [-0.39, 0.29) is 18.3 Å². The van der Waals surface area contributed by atoms with Crippen LogP contribution < -0.4 is 5.63 Å². The van der Waals surface area contributed by atoms with Crippen LogP contribution in [0.4, 0.5) is 0 Å². The van der Waals surface area contributed by atoms with Crippen LogP contribution in [0.15, 0.2) is 33.5 Å². The summed E-state index contributed by atoms with van der Waals surface area (Å²) in [5.74, 6) is -0.169. The molecule has 1 aliphatic heterocycles. The number of likely N-dealkylation sites (tertiary alicyclic amines) is 1. The maximum atomic E-state index is 12.0. The van der Waals surface area contributed by atoms with Gasteiger partial charge in [0.1, 0.15) is 16.5 Å². The van der Waals surface area contributed by atoms with Crippen molar-refractivity contribution < 1.29 is 13.9 Å². The molecule has 0 radical (unpaired) electrons. The number of carbonyl (C=O) groups is 1. The molecule has 1 saturated heterocycles. The molecular weight excluding hydrogens is 370 g/mol. The van der Waals surface area contributed by atoms with Gasteiger partial charge in [-0.05, 0) is 30.9 Å². The van der Waals surface area contributed by atoms with Gasteiger partial charge >= 0.3 is 11.6 Å². The fourth-order valence-electron chi connectivity index (χ4n) is 2.93. The number of ether oxygens (including phenoxy) is 1. The van der Waals surface area contributed by atoms with Gasteiger partial charge < -0.3 is 14.1 Å². The van der Waals surface area contributed by atoms with Gasteiger partial charge in [-0.3, -0.25) is 4.79 Å². The summed E-state index contributed by atoms with van der Waals surface area (Å²) < 4.78 is 11.4. The second-order valence-corrected chi connectivity index (χ2v) is 7.79. The molecule has 3 rings (SSSR count). The van der Waals surface area contributed by atoms with Crippen LogP contribution in [0.1, 0.15) is 30.9 Å². The number of fused-ring (bicyclic) bond motifs is 1. The monoisotopic (exact) mass is 391 g/mol. The van der Waals surface area contributed by atoms with Gasteiger partial charge in [-0.2, -0.15) is 0 Å². The van der Waals surface area contributed by atoms with Crippen LogP contribution in [0.25, 0.3) is 11.0 Å². The molecule has 0 bridgehead atoms. The molecule has 0 spiro atoms. The highest BCUT2D eigenvalue weighted by Crippen LogP contribution is 2.20. The smallest absolute Gasteiger partial charge is 0.336 e. The van der Waals surface area contributed by atoms with Gasteiger partial charge in [-0.15, -0.1) is 0 Å². The molecule has 2 aromatic rings. The summed E-state index contributed by atoms with van der Waals surface area (Å²) >= 11 is 6.67. The number of carbonyl (C=O) groups excluding carboxylic acids is 1. The third-order valence-corrected chi connectivity index (χ3v) is 5.87. The Kier molecular flexibility index (Phi) is 6.32. The van der Waals surface area contributed by atoms with E-state index in [0.29, 0.717) is 11.1 Å². The third kappa shape index (κ3) is 4.65. The van der Waals surface area contributed by atoms with Crippen molar-refractivity contribution in [2.45, 2.75) is 32.8 Å². The van der Waals surface area contributed by atoms with Crippen molar-refractivity contribution in [1.29, 1.82) is 0 Å². The Morgan fingerprint density at radius 2 is 2.08 bits per heavy atom. The van der Waals surface area contributed by atoms with Crippen LogP contribution in [0, 0.1) is 0 Å². The molecule has 26 heavy (non-hydrogen) atoms. The SMILES string of the molecule is CCc1ccc2c(COC(=O)CSC(=S)N3CCCC3)cc(=O)oc2c1. The number of thiocarbonyl (C=S) groups is 1. The van der Waals surface area contributed by atoms with Gasteiger partial charge in [-0.25, -0.2) is 4.79 Å². The van der Waals surface area contributed by atoms with E-state index in [2.05, 4.69) is 4.90 Å². The second-order valence-electron chi connectivity index (χ2n) is 6.18. The van der Waals surface area contributed by atoms with Gasteiger partial charge in [0.05, 0.1) is 5.75 Å². The molecule has 1 aliphatic rings. The van der Waals surface area contributed by atoms with Gasteiger partial charge in [-0.1, -0.05) is 43.0 Å². The average Bonchev–Trinajstić information content (AvgIpc) is 3.18. The van der Waals surface area contributed by atoms with E-state index in [1.807, 2.05) is 25.1 Å². The topological polar surface area (TPSA) is 59.8 Å². The van der Waals surface area contributed by atoms with Gasteiger partial charge in [0.2, 0.25) is 0 Å².